The first-order chi connectivity index (χ1) is 21.2. The third kappa shape index (κ3) is 7.10. The Morgan fingerprint density at radius 3 is 2.64 bits per heavy atom. The third-order valence-corrected chi connectivity index (χ3v) is 9.73. The maximum absolute atomic E-state index is 13.3. The quantitative estimate of drug-likeness (QED) is 0.229. The minimum Gasteiger partial charge on any atom is -0.464 e. The highest BCUT2D eigenvalue weighted by Gasteiger charge is 2.25. The molecular formula is C32H40N6O5S. The molecule has 5 rings (SSSR count). The lowest BCUT2D eigenvalue weighted by atomic mass is 9.84. The summed E-state index contributed by atoms with van der Waals surface area (Å²) in [5.74, 6) is -0.633. The summed E-state index contributed by atoms with van der Waals surface area (Å²) in [4.78, 5) is 15.7. The zero-order chi connectivity index (χ0) is 31.3. The highest BCUT2D eigenvalue weighted by Crippen LogP contribution is 2.34. The molecule has 1 atom stereocenters. The summed E-state index contributed by atoms with van der Waals surface area (Å²) in [6.07, 6.45) is 0.124. The summed E-state index contributed by atoms with van der Waals surface area (Å²) >= 11 is 0. The van der Waals surface area contributed by atoms with Gasteiger partial charge in [0.1, 0.15) is 17.0 Å². The van der Waals surface area contributed by atoms with Gasteiger partial charge in [0.05, 0.1) is 30.8 Å². The van der Waals surface area contributed by atoms with E-state index in [1.807, 2.05) is 51.2 Å². The van der Waals surface area contributed by atoms with Gasteiger partial charge in [-0.1, -0.05) is 41.6 Å². The second kappa shape index (κ2) is 13.9. The van der Waals surface area contributed by atoms with Crippen molar-refractivity contribution in [1.29, 1.82) is 0 Å². The molecule has 1 aliphatic rings. The Balaban J connectivity index is 1.41. The van der Waals surface area contributed by atoms with Crippen molar-refractivity contribution >= 4 is 32.7 Å². The molecule has 2 N–H and O–H groups in total. The van der Waals surface area contributed by atoms with E-state index in [9.17, 15) is 13.2 Å². The first kappa shape index (κ1) is 31.6. The molecular weight excluding hydrogens is 580 g/mol. The molecule has 0 spiro atoms. The fourth-order valence-electron chi connectivity index (χ4n) is 5.63. The van der Waals surface area contributed by atoms with Crippen LogP contribution in [-0.2, 0) is 37.9 Å². The average Bonchev–Trinajstić information content (AvgIpc) is 3.41. The fourth-order valence-corrected chi connectivity index (χ4v) is 6.85. The predicted molar refractivity (Wildman–Crippen MR) is 169 cm³/mol. The lowest BCUT2D eigenvalue weighted by Gasteiger charge is -2.26. The zero-order valence-electron chi connectivity index (χ0n) is 25.7. The van der Waals surface area contributed by atoms with Crippen LogP contribution in [0.3, 0.4) is 0 Å². The van der Waals surface area contributed by atoms with E-state index in [2.05, 4.69) is 25.3 Å². The number of hydrogen-bond donors (Lipinski definition) is 2. The van der Waals surface area contributed by atoms with Crippen molar-refractivity contribution in [2.45, 2.75) is 37.6 Å². The van der Waals surface area contributed by atoms with Crippen LogP contribution < -0.4 is 10.0 Å². The molecule has 0 radical (unpaired) electrons. The standard InChI is InChI=1S/C32H40N6O5S/c1-22-9-10-24(19-25(22)21-34-44(40,41)30-8-6-5-7-28(30)33-3)27(20-31(39)43-18-15-38-13-16-42-17-14-38)26-11-12-29-32(23(26)2)35-36-37(29)4/h5-12,19,27,33-34H,13-18,20-21H2,1-4H3. The molecule has 1 unspecified atom stereocenters. The Bertz CT molecular complexity index is 1730. The Labute approximate surface area is 258 Å². The highest BCUT2D eigenvalue weighted by atomic mass is 32.2. The lowest BCUT2D eigenvalue weighted by Crippen LogP contribution is -2.38. The van der Waals surface area contributed by atoms with E-state index in [0.29, 0.717) is 32.1 Å². The van der Waals surface area contributed by atoms with Crippen molar-refractivity contribution in [3.05, 3.63) is 82.4 Å². The van der Waals surface area contributed by atoms with Crippen molar-refractivity contribution in [2.24, 2.45) is 7.05 Å². The molecule has 1 saturated heterocycles. The molecule has 1 aliphatic heterocycles. The number of carbonyl (C=O) groups excluding carboxylic acids is 1. The van der Waals surface area contributed by atoms with Gasteiger partial charge in [-0.2, -0.15) is 0 Å². The summed E-state index contributed by atoms with van der Waals surface area (Å²) in [5, 5.41) is 11.5. The number of benzene rings is 3. The summed E-state index contributed by atoms with van der Waals surface area (Å²) in [6, 6.07) is 16.7. The smallest absolute Gasteiger partial charge is 0.306 e. The maximum Gasteiger partial charge on any atom is 0.306 e. The average molecular weight is 621 g/mol. The first-order valence-electron chi connectivity index (χ1n) is 14.8. The molecule has 0 amide bonds. The highest BCUT2D eigenvalue weighted by molar-refractivity contribution is 7.89. The van der Waals surface area contributed by atoms with Crippen molar-refractivity contribution < 1.29 is 22.7 Å². The number of hydrogen-bond acceptors (Lipinski definition) is 9. The molecule has 1 aromatic heterocycles. The van der Waals surface area contributed by atoms with Gasteiger partial charge in [0.15, 0.2) is 0 Å². The van der Waals surface area contributed by atoms with E-state index in [-0.39, 0.29) is 29.7 Å². The third-order valence-electron chi connectivity index (χ3n) is 8.27. The van der Waals surface area contributed by atoms with Gasteiger partial charge in [-0.25, -0.2) is 17.8 Å². The Kier molecular flexibility index (Phi) is 9.94. The molecule has 11 nitrogen and oxygen atoms in total. The van der Waals surface area contributed by atoms with Crippen LogP contribution >= 0.6 is 0 Å². The van der Waals surface area contributed by atoms with Gasteiger partial charge in [0.25, 0.3) is 0 Å². The first-order valence-corrected chi connectivity index (χ1v) is 16.3. The number of morpholine rings is 1. The summed E-state index contributed by atoms with van der Waals surface area (Å²) in [6.45, 7) is 8.04. The van der Waals surface area contributed by atoms with E-state index in [4.69, 9.17) is 9.47 Å². The Hall–Kier alpha value is -3.84. The van der Waals surface area contributed by atoms with Gasteiger partial charge >= 0.3 is 5.97 Å². The second-order valence-electron chi connectivity index (χ2n) is 11.0. The normalized spacial score (nSPS) is 14.9. The van der Waals surface area contributed by atoms with E-state index in [0.717, 1.165) is 51.9 Å². The molecule has 2 heterocycles. The van der Waals surface area contributed by atoms with Crippen LogP contribution in [-0.4, -0.2) is 80.8 Å². The van der Waals surface area contributed by atoms with E-state index in [1.54, 1.807) is 36.0 Å². The molecule has 44 heavy (non-hydrogen) atoms. The number of esters is 1. The van der Waals surface area contributed by atoms with Gasteiger partial charge < -0.3 is 14.8 Å². The van der Waals surface area contributed by atoms with Gasteiger partial charge in [-0.05, 0) is 59.9 Å². The summed E-state index contributed by atoms with van der Waals surface area (Å²) in [5.41, 5.74) is 6.72. The van der Waals surface area contributed by atoms with Crippen LogP contribution in [0, 0.1) is 13.8 Å². The second-order valence-corrected chi connectivity index (χ2v) is 12.8. The van der Waals surface area contributed by atoms with Crippen molar-refractivity contribution in [2.75, 3.05) is 51.8 Å². The maximum atomic E-state index is 13.3. The number of anilines is 1. The number of carbonyl (C=O) groups is 1. The number of aryl methyl sites for hydroxylation is 3. The number of nitrogens with one attached hydrogen (secondary N) is 2. The number of aromatic nitrogens is 3. The van der Waals surface area contributed by atoms with Gasteiger partial charge in [-0.3, -0.25) is 9.69 Å². The number of para-hydroxylation sites is 1. The number of nitrogens with zero attached hydrogens (tertiary/aromatic N) is 4. The van der Waals surface area contributed by atoms with E-state index >= 15 is 0 Å². The number of sulfonamides is 1. The van der Waals surface area contributed by atoms with Crippen LogP contribution in [0.25, 0.3) is 11.0 Å². The molecule has 4 aromatic rings. The van der Waals surface area contributed by atoms with Crippen LogP contribution in [0.2, 0.25) is 0 Å². The van der Waals surface area contributed by atoms with E-state index in [1.165, 1.54) is 0 Å². The fraction of sp³-hybridized carbons (Fsp3) is 0.406. The molecule has 12 heteroatoms. The van der Waals surface area contributed by atoms with Gasteiger partial charge in [0.2, 0.25) is 10.0 Å². The number of ether oxygens (including phenoxy) is 2. The molecule has 3 aromatic carbocycles. The number of rotatable bonds is 12. The Morgan fingerprint density at radius 2 is 1.86 bits per heavy atom. The van der Waals surface area contributed by atoms with Gasteiger partial charge in [-0.15, -0.1) is 5.10 Å². The monoisotopic (exact) mass is 620 g/mol. The Morgan fingerprint density at radius 1 is 1.09 bits per heavy atom. The molecule has 0 bridgehead atoms. The number of fused-ring (bicyclic) bond motifs is 1. The summed E-state index contributed by atoms with van der Waals surface area (Å²) < 4.78 is 42.1. The van der Waals surface area contributed by atoms with Crippen molar-refractivity contribution in [3.63, 3.8) is 0 Å². The minimum absolute atomic E-state index is 0.0962. The van der Waals surface area contributed by atoms with Crippen LogP contribution in [0.5, 0.6) is 0 Å². The molecule has 0 aliphatic carbocycles. The largest absolute Gasteiger partial charge is 0.464 e. The van der Waals surface area contributed by atoms with Crippen LogP contribution in [0.4, 0.5) is 5.69 Å². The minimum atomic E-state index is -3.79. The molecule has 234 valence electrons. The van der Waals surface area contributed by atoms with Crippen LogP contribution in [0.1, 0.15) is 40.2 Å². The lowest BCUT2D eigenvalue weighted by molar-refractivity contribution is -0.144. The predicted octanol–water partition coefficient (Wildman–Crippen LogP) is 3.50. The van der Waals surface area contributed by atoms with Gasteiger partial charge in [0, 0.05) is 46.2 Å². The van der Waals surface area contributed by atoms with Crippen molar-refractivity contribution in [1.82, 2.24) is 24.6 Å². The van der Waals surface area contributed by atoms with E-state index < -0.39 is 10.0 Å². The van der Waals surface area contributed by atoms with Crippen molar-refractivity contribution in [3.8, 4) is 0 Å². The SMILES string of the molecule is CNc1ccccc1S(=O)(=O)NCc1cc(C(CC(=O)OCCN2CCOCC2)c2ccc3c(nnn3C)c2C)ccc1C. The summed E-state index contributed by atoms with van der Waals surface area (Å²) in [7, 11) is -0.249. The molecule has 0 saturated carbocycles. The topological polar surface area (TPSA) is 128 Å². The molecule has 1 fully saturated rings. The van der Waals surface area contributed by atoms with Crippen LogP contribution in [0.15, 0.2) is 59.5 Å². The zero-order valence-corrected chi connectivity index (χ0v) is 26.5.